The Hall–Kier alpha value is -1.26. The second-order valence-corrected chi connectivity index (χ2v) is 5.83. The molecule has 0 bridgehead atoms. The van der Waals surface area contributed by atoms with Gasteiger partial charge < -0.3 is 14.6 Å². The molecule has 1 aromatic heterocycles. The molecule has 0 spiro atoms. The number of benzene rings is 1. The van der Waals surface area contributed by atoms with Gasteiger partial charge in [0.2, 0.25) is 0 Å². The van der Waals surface area contributed by atoms with Gasteiger partial charge in [0.05, 0.1) is 6.26 Å². The van der Waals surface area contributed by atoms with E-state index >= 15 is 0 Å². The maximum atomic E-state index is 5.37. The fraction of sp³-hybridized carbons (Fsp3) is 0.375. The van der Waals surface area contributed by atoms with Crippen molar-refractivity contribution >= 4 is 21.6 Å². The van der Waals surface area contributed by atoms with Gasteiger partial charge in [-0.3, -0.25) is 0 Å². The summed E-state index contributed by atoms with van der Waals surface area (Å²) in [5.74, 6) is 0.988. The largest absolute Gasteiger partial charge is 0.469 e. The monoisotopic (exact) mass is 336 g/mol. The van der Waals surface area contributed by atoms with Crippen LogP contribution in [0.3, 0.4) is 0 Å². The molecule has 2 rings (SSSR count). The van der Waals surface area contributed by atoms with E-state index < -0.39 is 0 Å². The van der Waals surface area contributed by atoms with Crippen molar-refractivity contribution in [2.45, 2.75) is 26.9 Å². The van der Waals surface area contributed by atoms with Gasteiger partial charge in [-0.05, 0) is 43.3 Å². The lowest BCUT2D eigenvalue weighted by Crippen LogP contribution is -2.20. The molecule has 0 unspecified atom stereocenters. The first-order valence-corrected chi connectivity index (χ1v) is 7.64. The minimum atomic E-state index is 0.850. The van der Waals surface area contributed by atoms with Gasteiger partial charge in [0, 0.05) is 35.9 Å². The van der Waals surface area contributed by atoms with Gasteiger partial charge in [-0.1, -0.05) is 22.9 Å². The standard InChI is InChI=1S/C16H21BrN2O/c1-4-18-10-14-9-15(17)5-6-16(14)19(3)11-13-7-8-20-12(13)2/h5-9,18H,4,10-11H2,1-3H3. The van der Waals surface area contributed by atoms with Crippen LogP contribution in [0.2, 0.25) is 0 Å². The van der Waals surface area contributed by atoms with E-state index in [1.807, 2.05) is 13.0 Å². The Labute approximate surface area is 129 Å². The predicted octanol–water partition coefficient (Wildman–Crippen LogP) is 4.10. The zero-order valence-electron chi connectivity index (χ0n) is 12.2. The number of hydrogen-bond acceptors (Lipinski definition) is 3. The number of rotatable bonds is 6. The van der Waals surface area contributed by atoms with E-state index in [0.29, 0.717) is 0 Å². The van der Waals surface area contributed by atoms with Crippen molar-refractivity contribution in [3.05, 3.63) is 51.9 Å². The van der Waals surface area contributed by atoms with Gasteiger partial charge >= 0.3 is 0 Å². The van der Waals surface area contributed by atoms with Crippen LogP contribution in [0.1, 0.15) is 23.8 Å². The van der Waals surface area contributed by atoms with Crippen LogP contribution in [0, 0.1) is 6.92 Å². The third-order valence-corrected chi connectivity index (χ3v) is 3.89. The van der Waals surface area contributed by atoms with E-state index in [1.165, 1.54) is 16.8 Å². The van der Waals surface area contributed by atoms with Crippen molar-refractivity contribution < 1.29 is 4.42 Å². The number of furan rings is 1. The summed E-state index contributed by atoms with van der Waals surface area (Å²) in [7, 11) is 2.12. The molecule has 0 amide bonds. The number of nitrogens with one attached hydrogen (secondary N) is 1. The molecule has 1 heterocycles. The molecule has 1 N–H and O–H groups in total. The Morgan fingerprint density at radius 2 is 2.05 bits per heavy atom. The molecule has 3 nitrogen and oxygen atoms in total. The molecule has 0 aliphatic heterocycles. The topological polar surface area (TPSA) is 28.4 Å². The van der Waals surface area contributed by atoms with E-state index in [9.17, 15) is 0 Å². The van der Waals surface area contributed by atoms with Gasteiger partial charge in [0.15, 0.2) is 0 Å². The van der Waals surface area contributed by atoms with Crippen LogP contribution >= 0.6 is 15.9 Å². The zero-order chi connectivity index (χ0) is 14.5. The molecule has 0 aliphatic rings. The summed E-state index contributed by atoms with van der Waals surface area (Å²) in [6, 6.07) is 8.46. The molecule has 0 saturated carbocycles. The molecule has 0 saturated heterocycles. The van der Waals surface area contributed by atoms with Crippen LogP contribution in [0.4, 0.5) is 5.69 Å². The average Bonchev–Trinajstić information content (AvgIpc) is 2.82. The second-order valence-electron chi connectivity index (χ2n) is 4.91. The Kier molecular flexibility index (Phi) is 5.26. The molecule has 0 atom stereocenters. The van der Waals surface area contributed by atoms with Gasteiger partial charge in [-0.25, -0.2) is 0 Å². The molecule has 0 radical (unpaired) electrons. The van der Waals surface area contributed by atoms with E-state index in [4.69, 9.17) is 4.42 Å². The first-order chi connectivity index (χ1) is 9.61. The van der Waals surface area contributed by atoms with Crippen molar-refractivity contribution in [3.8, 4) is 0 Å². The predicted molar refractivity (Wildman–Crippen MR) is 87.1 cm³/mol. The van der Waals surface area contributed by atoms with Gasteiger partial charge in [0.25, 0.3) is 0 Å². The van der Waals surface area contributed by atoms with Crippen molar-refractivity contribution in [3.63, 3.8) is 0 Å². The third-order valence-electron chi connectivity index (χ3n) is 3.39. The minimum absolute atomic E-state index is 0.850. The van der Waals surface area contributed by atoms with E-state index in [2.05, 4.69) is 58.3 Å². The average molecular weight is 337 g/mol. The minimum Gasteiger partial charge on any atom is -0.469 e. The summed E-state index contributed by atoms with van der Waals surface area (Å²) in [6.45, 7) is 6.82. The molecule has 108 valence electrons. The highest BCUT2D eigenvalue weighted by Gasteiger charge is 2.10. The summed E-state index contributed by atoms with van der Waals surface area (Å²) in [5.41, 5.74) is 3.77. The van der Waals surface area contributed by atoms with Crippen LogP contribution in [0.15, 0.2) is 39.4 Å². The normalized spacial score (nSPS) is 10.8. The van der Waals surface area contributed by atoms with Crippen LogP contribution in [0.25, 0.3) is 0 Å². The first kappa shape index (κ1) is 15.1. The molecule has 20 heavy (non-hydrogen) atoms. The highest BCUT2D eigenvalue weighted by atomic mass is 79.9. The molecule has 2 aromatic rings. The third kappa shape index (κ3) is 3.64. The van der Waals surface area contributed by atoms with Crippen molar-refractivity contribution in [1.82, 2.24) is 5.32 Å². The summed E-state index contributed by atoms with van der Waals surface area (Å²) in [4.78, 5) is 2.26. The van der Waals surface area contributed by atoms with E-state index in [-0.39, 0.29) is 0 Å². The SMILES string of the molecule is CCNCc1cc(Br)ccc1N(C)Cc1ccoc1C. The van der Waals surface area contributed by atoms with Crippen LogP contribution in [-0.2, 0) is 13.1 Å². The maximum absolute atomic E-state index is 5.37. The van der Waals surface area contributed by atoms with Gasteiger partial charge in [0.1, 0.15) is 5.76 Å². The fourth-order valence-corrected chi connectivity index (χ4v) is 2.65. The number of halogens is 1. The lowest BCUT2D eigenvalue weighted by Gasteiger charge is -2.23. The van der Waals surface area contributed by atoms with Crippen molar-refractivity contribution in [2.75, 3.05) is 18.5 Å². The van der Waals surface area contributed by atoms with Gasteiger partial charge in [-0.15, -0.1) is 0 Å². The number of nitrogens with zero attached hydrogens (tertiary/aromatic N) is 1. The van der Waals surface area contributed by atoms with Crippen molar-refractivity contribution in [2.24, 2.45) is 0 Å². The Morgan fingerprint density at radius 1 is 1.25 bits per heavy atom. The fourth-order valence-electron chi connectivity index (χ4n) is 2.24. The van der Waals surface area contributed by atoms with E-state index in [0.717, 1.165) is 29.9 Å². The van der Waals surface area contributed by atoms with Crippen LogP contribution in [0.5, 0.6) is 0 Å². The molecule has 0 fully saturated rings. The molecule has 0 aliphatic carbocycles. The Bertz CT molecular complexity index is 565. The first-order valence-electron chi connectivity index (χ1n) is 6.85. The maximum Gasteiger partial charge on any atom is 0.105 e. The number of aryl methyl sites for hydroxylation is 1. The summed E-state index contributed by atoms with van der Waals surface area (Å²) >= 11 is 3.55. The lowest BCUT2D eigenvalue weighted by molar-refractivity contribution is 0.529. The van der Waals surface area contributed by atoms with E-state index in [1.54, 1.807) is 6.26 Å². The Morgan fingerprint density at radius 3 is 2.70 bits per heavy atom. The van der Waals surface area contributed by atoms with Gasteiger partial charge in [-0.2, -0.15) is 0 Å². The van der Waals surface area contributed by atoms with Crippen LogP contribution in [-0.4, -0.2) is 13.6 Å². The summed E-state index contributed by atoms with van der Waals surface area (Å²) in [6.07, 6.45) is 1.75. The highest BCUT2D eigenvalue weighted by molar-refractivity contribution is 9.10. The second kappa shape index (κ2) is 6.95. The smallest absolute Gasteiger partial charge is 0.105 e. The zero-order valence-corrected chi connectivity index (χ0v) is 13.8. The van der Waals surface area contributed by atoms with Crippen molar-refractivity contribution in [1.29, 1.82) is 0 Å². The molecule has 1 aromatic carbocycles. The molecule has 4 heteroatoms. The quantitative estimate of drug-likeness (QED) is 0.860. The number of hydrogen-bond donors (Lipinski definition) is 1. The lowest BCUT2D eigenvalue weighted by atomic mass is 10.1. The number of anilines is 1. The summed E-state index contributed by atoms with van der Waals surface area (Å²) < 4.78 is 6.48. The Balaban J connectivity index is 2.20. The highest BCUT2D eigenvalue weighted by Crippen LogP contribution is 2.25. The summed E-state index contributed by atoms with van der Waals surface area (Å²) in [5, 5.41) is 3.39. The molecular weight excluding hydrogens is 316 g/mol. The molecular formula is C16H21BrN2O. The van der Waals surface area contributed by atoms with Crippen LogP contribution < -0.4 is 10.2 Å².